The zero-order chi connectivity index (χ0) is 10.5. The van der Waals surface area contributed by atoms with Crippen LogP contribution in [0.4, 0.5) is 0 Å². The molecule has 2 rings (SSSR count). The van der Waals surface area contributed by atoms with Gasteiger partial charge in [-0.1, -0.05) is 49.8 Å². The van der Waals surface area contributed by atoms with Crippen molar-refractivity contribution < 1.29 is 0 Å². The second-order valence-corrected chi connectivity index (χ2v) is 3.64. The summed E-state index contributed by atoms with van der Waals surface area (Å²) in [7, 11) is 0. The van der Waals surface area contributed by atoms with Gasteiger partial charge in [-0.15, -0.1) is 0 Å². The molecule has 76 valence electrons. The summed E-state index contributed by atoms with van der Waals surface area (Å²) in [5.41, 5.74) is 1.21. The molecule has 0 fully saturated rings. The Morgan fingerprint density at radius 2 is 2.07 bits per heavy atom. The Balaban J connectivity index is 2.42. The van der Waals surface area contributed by atoms with Gasteiger partial charge in [0.15, 0.2) is 0 Å². The molecule has 0 unspecified atom stereocenters. The summed E-state index contributed by atoms with van der Waals surface area (Å²) in [4.78, 5) is 4.24. The van der Waals surface area contributed by atoms with Crippen LogP contribution in [-0.2, 0) is 0 Å². The molecule has 0 aliphatic rings. The molecule has 0 aliphatic carbocycles. The molecule has 1 heterocycles. The highest BCUT2D eigenvalue weighted by Crippen LogP contribution is 2.18. The molecule has 1 aromatic carbocycles. The van der Waals surface area contributed by atoms with E-state index in [2.05, 4.69) is 42.3 Å². The standard InChI is InChI=1S/C14H15N/c1-2-3-4-7-12-10-15-11-13-8-5-6-9-14(12)13/h4-11H,2-3H2,1H3/b7-4+. The van der Waals surface area contributed by atoms with Gasteiger partial charge < -0.3 is 0 Å². The second kappa shape index (κ2) is 4.74. The van der Waals surface area contributed by atoms with Crippen LogP contribution in [0.25, 0.3) is 16.8 Å². The summed E-state index contributed by atoms with van der Waals surface area (Å²) in [5.74, 6) is 0. The van der Waals surface area contributed by atoms with Crippen molar-refractivity contribution in [3.05, 3.63) is 48.3 Å². The van der Waals surface area contributed by atoms with Gasteiger partial charge in [0, 0.05) is 23.3 Å². The number of hydrogen-bond donors (Lipinski definition) is 0. The molecule has 0 N–H and O–H groups in total. The first-order valence-corrected chi connectivity index (χ1v) is 5.41. The molecular formula is C14H15N. The highest BCUT2D eigenvalue weighted by atomic mass is 14.6. The Hall–Kier alpha value is -1.63. The Morgan fingerprint density at radius 1 is 1.20 bits per heavy atom. The van der Waals surface area contributed by atoms with Crippen LogP contribution in [0.5, 0.6) is 0 Å². The van der Waals surface area contributed by atoms with Crippen molar-refractivity contribution in [2.75, 3.05) is 0 Å². The van der Waals surface area contributed by atoms with E-state index in [4.69, 9.17) is 0 Å². The van der Waals surface area contributed by atoms with Crippen molar-refractivity contribution in [2.24, 2.45) is 0 Å². The third-order valence-electron chi connectivity index (χ3n) is 2.45. The third kappa shape index (κ3) is 2.24. The van der Waals surface area contributed by atoms with Gasteiger partial charge in [-0.2, -0.15) is 0 Å². The largest absolute Gasteiger partial charge is 0.263 e. The predicted molar refractivity (Wildman–Crippen MR) is 65.7 cm³/mol. The molecule has 0 atom stereocenters. The number of aromatic nitrogens is 1. The Kier molecular flexibility index (Phi) is 3.13. The fourth-order valence-corrected chi connectivity index (χ4v) is 1.65. The minimum absolute atomic E-state index is 1.13. The van der Waals surface area contributed by atoms with Crippen LogP contribution in [-0.4, -0.2) is 4.98 Å². The molecule has 2 aromatic rings. The first-order chi connectivity index (χ1) is 7.42. The van der Waals surface area contributed by atoms with E-state index in [0.717, 1.165) is 6.42 Å². The van der Waals surface area contributed by atoms with Gasteiger partial charge in [-0.3, -0.25) is 4.98 Å². The molecule has 0 bridgehead atoms. The molecule has 0 radical (unpaired) electrons. The fourth-order valence-electron chi connectivity index (χ4n) is 1.65. The minimum atomic E-state index is 1.13. The van der Waals surface area contributed by atoms with Crippen molar-refractivity contribution in [3.63, 3.8) is 0 Å². The number of unbranched alkanes of at least 4 members (excludes halogenated alkanes) is 1. The number of pyridine rings is 1. The topological polar surface area (TPSA) is 12.9 Å². The van der Waals surface area contributed by atoms with Crippen molar-refractivity contribution in [1.82, 2.24) is 4.98 Å². The summed E-state index contributed by atoms with van der Waals surface area (Å²) in [6, 6.07) is 8.35. The lowest BCUT2D eigenvalue weighted by Gasteiger charge is -2.00. The Labute approximate surface area is 90.5 Å². The van der Waals surface area contributed by atoms with E-state index in [9.17, 15) is 0 Å². The van der Waals surface area contributed by atoms with Crippen LogP contribution >= 0.6 is 0 Å². The molecule has 0 saturated heterocycles. The van der Waals surface area contributed by atoms with Crippen molar-refractivity contribution in [3.8, 4) is 0 Å². The van der Waals surface area contributed by atoms with Gasteiger partial charge in [0.2, 0.25) is 0 Å². The molecule has 15 heavy (non-hydrogen) atoms. The molecular weight excluding hydrogens is 182 g/mol. The fraction of sp³-hybridized carbons (Fsp3) is 0.214. The average Bonchev–Trinajstić information content (AvgIpc) is 2.30. The average molecular weight is 197 g/mol. The normalized spacial score (nSPS) is 11.3. The maximum Gasteiger partial charge on any atom is 0.0346 e. The van der Waals surface area contributed by atoms with E-state index in [1.54, 1.807) is 0 Å². The lowest BCUT2D eigenvalue weighted by atomic mass is 10.1. The van der Waals surface area contributed by atoms with E-state index in [0.29, 0.717) is 0 Å². The van der Waals surface area contributed by atoms with Gasteiger partial charge >= 0.3 is 0 Å². The SMILES string of the molecule is CCC/C=C/c1cncc2ccccc12. The number of benzene rings is 1. The van der Waals surface area contributed by atoms with Crippen LogP contribution in [0, 0.1) is 0 Å². The minimum Gasteiger partial charge on any atom is -0.263 e. The van der Waals surface area contributed by atoms with Crippen LogP contribution < -0.4 is 0 Å². The van der Waals surface area contributed by atoms with Crippen LogP contribution in [0.15, 0.2) is 42.7 Å². The van der Waals surface area contributed by atoms with E-state index >= 15 is 0 Å². The van der Waals surface area contributed by atoms with E-state index in [1.807, 2.05) is 18.5 Å². The predicted octanol–water partition coefficient (Wildman–Crippen LogP) is 4.05. The monoisotopic (exact) mass is 197 g/mol. The number of rotatable bonds is 3. The molecule has 0 aliphatic heterocycles. The number of nitrogens with zero attached hydrogens (tertiary/aromatic N) is 1. The number of fused-ring (bicyclic) bond motifs is 1. The maximum atomic E-state index is 4.24. The number of allylic oxidation sites excluding steroid dienone is 1. The smallest absolute Gasteiger partial charge is 0.0346 e. The third-order valence-corrected chi connectivity index (χ3v) is 2.45. The van der Waals surface area contributed by atoms with E-state index < -0.39 is 0 Å². The molecule has 1 heteroatoms. The molecule has 0 amide bonds. The Bertz CT molecular complexity index is 466. The molecule has 1 nitrogen and oxygen atoms in total. The van der Waals surface area contributed by atoms with Crippen molar-refractivity contribution in [2.45, 2.75) is 19.8 Å². The van der Waals surface area contributed by atoms with E-state index in [1.165, 1.54) is 22.8 Å². The highest BCUT2D eigenvalue weighted by molar-refractivity contribution is 5.89. The van der Waals surface area contributed by atoms with Crippen LogP contribution in [0.1, 0.15) is 25.3 Å². The molecule has 0 saturated carbocycles. The quantitative estimate of drug-likeness (QED) is 0.723. The van der Waals surface area contributed by atoms with Crippen molar-refractivity contribution in [1.29, 1.82) is 0 Å². The molecule has 0 spiro atoms. The summed E-state index contributed by atoms with van der Waals surface area (Å²) in [6.45, 7) is 2.19. The summed E-state index contributed by atoms with van der Waals surface area (Å²) in [5, 5.41) is 2.48. The first kappa shape index (κ1) is 9.91. The first-order valence-electron chi connectivity index (χ1n) is 5.41. The summed E-state index contributed by atoms with van der Waals surface area (Å²) >= 11 is 0. The zero-order valence-electron chi connectivity index (χ0n) is 8.98. The van der Waals surface area contributed by atoms with Gasteiger partial charge in [0.05, 0.1) is 0 Å². The van der Waals surface area contributed by atoms with Crippen LogP contribution in [0.2, 0.25) is 0 Å². The highest BCUT2D eigenvalue weighted by Gasteiger charge is 1.96. The zero-order valence-corrected chi connectivity index (χ0v) is 8.98. The lowest BCUT2D eigenvalue weighted by Crippen LogP contribution is -1.80. The van der Waals surface area contributed by atoms with Crippen LogP contribution in [0.3, 0.4) is 0 Å². The maximum absolute atomic E-state index is 4.24. The van der Waals surface area contributed by atoms with Crippen molar-refractivity contribution >= 4 is 16.8 Å². The molecule has 1 aromatic heterocycles. The summed E-state index contributed by atoms with van der Waals surface area (Å²) in [6.07, 6.45) is 10.5. The second-order valence-electron chi connectivity index (χ2n) is 3.64. The van der Waals surface area contributed by atoms with Gasteiger partial charge in [0.25, 0.3) is 0 Å². The Morgan fingerprint density at radius 3 is 2.93 bits per heavy atom. The summed E-state index contributed by atoms with van der Waals surface area (Å²) < 4.78 is 0. The number of hydrogen-bond acceptors (Lipinski definition) is 1. The van der Waals surface area contributed by atoms with Gasteiger partial charge in [-0.25, -0.2) is 0 Å². The van der Waals surface area contributed by atoms with E-state index in [-0.39, 0.29) is 0 Å². The lowest BCUT2D eigenvalue weighted by molar-refractivity contribution is 0.962. The van der Waals surface area contributed by atoms with Gasteiger partial charge in [0.1, 0.15) is 0 Å². The van der Waals surface area contributed by atoms with Gasteiger partial charge in [-0.05, 0) is 11.8 Å².